The average molecular weight is 369 g/mol. The van der Waals surface area contributed by atoms with Crippen LogP contribution < -0.4 is 0 Å². The van der Waals surface area contributed by atoms with Gasteiger partial charge in [-0.05, 0) is 59.1 Å². The molecule has 2 amide bonds. The van der Waals surface area contributed by atoms with Crippen molar-refractivity contribution < 1.29 is 18.9 Å². The van der Waals surface area contributed by atoms with E-state index in [1.807, 2.05) is 33.7 Å². The summed E-state index contributed by atoms with van der Waals surface area (Å²) in [5, 5.41) is 0. The molecule has 6 heteroatoms. The van der Waals surface area contributed by atoms with Crippen molar-refractivity contribution in [1.29, 1.82) is 0 Å². The number of imide groups is 1. The largest absolute Gasteiger partial charge is 0.486 e. The van der Waals surface area contributed by atoms with E-state index in [1.54, 1.807) is 24.3 Å². The number of carbonyl (C=O) groups is 2. The Morgan fingerprint density at radius 2 is 1.48 bits per heavy atom. The van der Waals surface area contributed by atoms with E-state index < -0.39 is 0 Å². The molecule has 2 aliphatic heterocycles. The number of nitrogens with zero attached hydrogens (tertiary/aromatic N) is 1. The lowest BCUT2D eigenvalue weighted by Crippen LogP contribution is -2.41. The van der Waals surface area contributed by atoms with E-state index in [0.29, 0.717) is 17.7 Å². The number of hydrogen-bond donors (Lipinski definition) is 0. The van der Waals surface area contributed by atoms with Crippen molar-refractivity contribution in [2.45, 2.75) is 64.6 Å². The van der Waals surface area contributed by atoms with Gasteiger partial charge in [0.1, 0.15) is 0 Å². The number of amides is 2. The van der Waals surface area contributed by atoms with Gasteiger partial charge in [-0.2, -0.15) is 0 Å². The predicted octanol–water partition coefficient (Wildman–Crippen LogP) is 4.03. The van der Waals surface area contributed by atoms with Gasteiger partial charge >= 0.3 is 7.12 Å². The molecule has 1 saturated heterocycles. The molecule has 0 saturated carbocycles. The molecule has 0 aliphatic carbocycles. The van der Waals surface area contributed by atoms with E-state index in [-0.39, 0.29) is 30.1 Å². The van der Waals surface area contributed by atoms with Crippen LogP contribution in [0.25, 0.3) is 0 Å². The fourth-order valence-corrected chi connectivity index (χ4v) is 3.33. The van der Waals surface area contributed by atoms with Gasteiger partial charge in [0.15, 0.2) is 0 Å². The van der Waals surface area contributed by atoms with Gasteiger partial charge in [0.05, 0.1) is 22.3 Å². The van der Waals surface area contributed by atoms with E-state index >= 15 is 0 Å². The lowest BCUT2D eigenvalue weighted by molar-refractivity contribution is 0.00578. The van der Waals surface area contributed by atoms with Crippen LogP contribution in [0.3, 0.4) is 0 Å². The van der Waals surface area contributed by atoms with Crippen LogP contribution in [-0.4, -0.2) is 41.6 Å². The Hall–Kier alpha value is -1.92. The summed E-state index contributed by atoms with van der Waals surface area (Å²) >= 11 is 0. The van der Waals surface area contributed by atoms with Crippen molar-refractivity contribution in [2.75, 3.05) is 6.54 Å². The Kier molecular flexibility index (Phi) is 5.59. The lowest BCUT2D eigenvalue weighted by Gasteiger charge is -2.32. The summed E-state index contributed by atoms with van der Waals surface area (Å²) in [5.41, 5.74) is 0.420. The van der Waals surface area contributed by atoms with Crippen LogP contribution in [0.2, 0.25) is 0 Å². The topological polar surface area (TPSA) is 55.8 Å². The molecule has 1 aromatic rings. The first kappa shape index (κ1) is 19.8. The molecule has 1 fully saturated rings. The second kappa shape index (κ2) is 7.60. The van der Waals surface area contributed by atoms with Crippen molar-refractivity contribution in [3.8, 4) is 0 Å². The van der Waals surface area contributed by atoms with Crippen LogP contribution in [0, 0.1) is 0 Å². The first-order chi connectivity index (χ1) is 12.7. The zero-order valence-electron chi connectivity index (χ0n) is 16.7. The van der Waals surface area contributed by atoms with E-state index in [1.165, 1.54) is 4.90 Å². The van der Waals surface area contributed by atoms with Crippen LogP contribution in [0.15, 0.2) is 36.3 Å². The molecule has 0 spiro atoms. The Balaban J connectivity index is 1.36. The van der Waals surface area contributed by atoms with E-state index in [0.717, 1.165) is 25.7 Å². The molecule has 0 bridgehead atoms. The Labute approximate surface area is 161 Å². The zero-order chi connectivity index (χ0) is 19.7. The number of carbonyl (C=O) groups excluding carboxylic acids is 2. The van der Waals surface area contributed by atoms with Gasteiger partial charge in [0.2, 0.25) is 0 Å². The zero-order valence-corrected chi connectivity index (χ0v) is 16.7. The van der Waals surface area contributed by atoms with Gasteiger partial charge in [-0.15, -0.1) is 0 Å². The van der Waals surface area contributed by atoms with Gasteiger partial charge in [0.25, 0.3) is 11.8 Å². The molecule has 0 atom stereocenters. The van der Waals surface area contributed by atoms with Gasteiger partial charge < -0.3 is 9.31 Å². The molecule has 0 N–H and O–H groups in total. The first-order valence-corrected chi connectivity index (χ1v) is 9.70. The van der Waals surface area contributed by atoms with E-state index in [9.17, 15) is 9.59 Å². The van der Waals surface area contributed by atoms with Crippen LogP contribution in [0.4, 0.5) is 0 Å². The summed E-state index contributed by atoms with van der Waals surface area (Å²) in [6.07, 6.45) is 5.78. The molecule has 0 unspecified atom stereocenters. The number of rotatable bonds is 7. The predicted molar refractivity (Wildman–Crippen MR) is 105 cm³/mol. The third-order valence-electron chi connectivity index (χ3n) is 5.70. The van der Waals surface area contributed by atoms with Crippen LogP contribution in [0.1, 0.15) is 74.1 Å². The fourth-order valence-electron chi connectivity index (χ4n) is 3.33. The maximum absolute atomic E-state index is 12.3. The highest BCUT2D eigenvalue weighted by Crippen LogP contribution is 2.36. The summed E-state index contributed by atoms with van der Waals surface area (Å²) in [7, 11) is -0.298. The maximum atomic E-state index is 12.3. The summed E-state index contributed by atoms with van der Waals surface area (Å²) < 4.78 is 11.8. The second-order valence-electron chi connectivity index (χ2n) is 8.21. The molecule has 2 heterocycles. The molecule has 0 aromatic heterocycles. The minimum Gasteiger partial charge on any atom is -0.400 e. The highest BCUT2D eigenvalue weighted by atomic mass is 16.7. The summed E-state index contributed by atoms with van der Waals surface area (Å²) in [6.45, 7) is 8.65. The van der Waals surface area contributed by atoms with Crippen molar-refractivity contribution in [2.24, 2.45) is 0 Å². The van der Waals surface area contributed by atoms with Crippen molar-refractivity contribution in [1.82, 2.24) is 4.90 Å². The van der Waals surface area contributed by atoms with Gasteiger partial charge in [-0.25, -0.2) is 0 Å². The normalized spacial score (nSPS) is 20.7. The highest BCUT2D eigenvalue weighted by Gasteiger charge is 2.49. The van der Waals surface area contributed by atoms with E-state index in [4.69, 9.17) is 9.31 Å². The molecule has 27 heavy (non-hydrogen) atoms. The third kappa shape index (κ3) is 4.02. The average Bonchev–Trinajstić information content (AvgIpc) is 2.97. The Morgan fingerprint density at radius 1 is 0.926 bits per heavy atom. The molecular weight excluding hydrogens is 341 g/mol. The number of benzene rings is 1. The van der Waals surface area contributed by atoms with Crippen molar-refractivity contribution in [3.63, 3.8) is 0 Å². The summed E-state index contributed by atoms with van der Waals surface area (Å²) in [6, 6.07) is 7.02. The van der Waals surface area contributed by atoms with Crippen molar-refractivity contribution in [3.05, 3.63) is 47.4 Å². The SMILES string of the molecule is CC1(C)OB(C=CCCCCCN2C(=O)c3ccccc3C2=O)OC1(C)C. The number of unbranched alkanes of at least 4 members (excludes halogenated alkanes) is 3. The number of fused-ring (bicyclic) bond motifs is 1. The minimum absolute atomic E-state index is 0.170. The summed E-state index contributed by atoms with van der Waals surface area (Å²) in [5.74, 6) is 1.63. The number of hydrogen-bond acceptors (Lipinski definition) is 4. The van der Waals surface area contributed by atoms with Gasteiger partial charge in [-0.3, -0.25) is 14.5 Å². The minimum atomic E-state index is -0.311. The lowest BCUT2D eigenvalue weighted by atomic mass is 9.89. The molecule has 144 valence electrons. The molecule has 0 radical (unpaired) electrons. The quantitative estimate of drug-likeness (QED) is 0.414. The highest BCUT2D eigenvalue weighted by molar-refractivity contribution is 6.51. The van der Waals surface area contributed by atoms with Crippen LogP contribution in [-0.2, 0) is 9.31 Å². The molecule has 3 rings (SSSR count). The van der Waals surface area contributed by atoms with E-state index in [2.05, 4.69) is 6.08 Å². The van der Waals surface area contributed by atoms with Gasteiger partial charge in [-0.1, -0.05) is 30.6 Å². The fraction of sp³-hybridized carbons (Fsp3) is 0.524. The van der Waals surface area contributed by atoms with Crippen LogP contribution in [0.5, 0.6) is 0 Å². The Morgan fingerprint density at radius 3 is 2.04 bits per heavy atom. The smallest absolute Gasteiger partial charge is 0.400 e. The monoisotopic (exact) mass is 369 g/mol. The Bertz CT molecular complexity index is 705. The number of allylic oxidation sites excluding steroid dienone is 1. The first-order valence-electron chi connectivity index (χ1n) is 9.70. The van der Waals surface area contributed by atoms with Crippen molar-refractivity contribution >= 4 is 18.9 Å². The summed E-state index contributed by atoms with van der Waals surface area (Å²) in [4.78, 5) is 25.9. The molecule has 5 nitrogen and oxygen atoms in total. The third-order valence-corrected chi connectivity index (χ3v) is 5.70. The standard InChI is InChI=1S/C21H28BNO4/c1-20(2)21(3,4)27-22(26-20)14-10-6-5-7-11-15-23-18(24)16-12-8-9-13-17(16)19(23)25/h8-10,12-14H,5-7,11,15H2,1-4H3. The molecule has 2 aliphatic rings. The molecular formula is C21H28BNO4. The van der Waals surface area contributed by atoms with Crippen LogP contribution >= 0.6 is 0 Å². The van der Waals surface area contributed by atoms with Gasteiger partial charge in [0, 0.05) is 6.54 Å². The second-order valence-corrected chi connectivity index (χ2v) is 8.21. The maximum Gasteiger partial charge on any atom is 0.486 e. The molecule has 1 aromatic carbocycles.